The SMILES string of the molecule is CCC[Si](CC)(CC)CC. The minimum absolute atomic E-state index is 0.717. The largest absolute Gasteiger partial charge is 0.0678 e. The molecule has 0 heterocycles. The van der Waals surface area contributed by atoms with Crippen molar-refractivity contribution >= 4 is 8.07 Å². The summed E-state index contributed by atoms with van der Waals surface area (Å²) in [5.41, 5.74) is 0. The number of hydrogen-bond acceptors (Lipinski definition) is 0. The van der Waals surface area contributed by atoms with E-state index in [1.807, 2.05) is 0 Å². The van der Waals surface area contributed by atoms with Crippen LogP contribution in [0.25, 0.3) is 0 Å². The highest BCUT2D eigenvalue weighted by atomic mass is 28.3. The van der Waals surface area contributed by atoms with Crippen LogP contribution in [0, 0.1) is 0 Å². The average Bonchev–Trinajstić information content (AvgIpc) is 2.01. The molecule has 0 saturated carbocycles. The number of rotatable bonds is 5. The Morgan fingerprint density at radius 3 is 1.30 bits per heavy atom. The molecule has 0 aromatic carbocycles. The Bertz CT molecular complexity index is 66.5. The van der Waals surface area contributed by atoms with Gasteiger partial charge in [0, 0.05) is 0 Å². The van der Waals surface area contributed by atoms with E-state index in [0.29, 0.717) is 0 Å². The van der Waals surface area contributed by atoms with Gasteiger partial charge < -0.3 is 0 Å². The van der Waals surface area contributed by atoms with Crippen LogP contribution >= 0.6 is 0 Å². The van der Waals surface area contributed by atoms with E-state index in [4.69, 9.17) is 0 Å². The van der Waals surface area contributed by atoms with Gasteiger partial charge in [0.25, 0.3) is 0 Å². The van der Waals surface area contributed by atoms with Crippen molar-refractivity contribution in [3.63, 3.8) is 0 Å². The molecule has 0 atom stereocenters. The molecule has 1 heteroatoms. The molecular formula is C9H22Si. The zero-order valence-corrected chi connectivity index (χ0v) is 9.04. The van der Waals surface area contributed by atoms with Gasteiger partial charge in [-0.25, -0.2) is 0 Å². The third-order valence-corrected chi connectivity index (χ3v) is 9.09. The molecular weight excluding hydrogens is 136 g/mol. The Kier molecular flexibility index (Phi) is 5.05. The van der Waals surface area contributed by atoms with Gasteiger partial charge in [-0.1, -0.05) is 58.3 Å². The molecule has 0 N–H and O–H groups in total. The second-order valence-electron chi connectivity index (χ2n) is 3.31. The monoisotopic (exact) mass is 158 g/mol. The zero-order valence-electron chi connectivity index (χ0n) is 8.04. The van der Waals surface area contributed by atoms with Gasteiger partial charge in [-0.15, -0.1) is 0 Å². The quantitative estimate of drug-likeness (QED) is 0.532. The van der Waals surface area contributed by atoms with Gasteiger partial charge in [-0.05, 0) is 0 Å². The van der Waals surface area contributed by atoms with Crippen molar-refractivity contribution in [3.8, 4) is 0 Å². The van der Waals surface area contributed by atoms with Crippen molar-refractivity contribution in [3.05, 3.63) is 0 Å². The average molecular weight is 158 g/mol. The second kappa shape index (κ2) is 4.95. The van der Waals surface area contributed by atoms with Crippen LogP contribution in [0.2, 0.25) is 24.2 Å². The summed E-state index contributed by atoms with van der Waals surface area (Å²) in [5.74, 6) is 0. The van der Waals surface area contributed by atoms with Crippen molar-refractivity contribution < 1.29 is 0 Å². The van der Waals surface area contributed by atoms with E-state index < -0.39 is 8.07 Å². The third-order valence-electron chi connectivity index (χ3n) is 3.03. The lowest BCUT2D eigenvalue weighted by Gasteiger charge is -2.27. The van der Waals surface area contributed by atoms with E-state index in [2.05, 4.69) is 27.7 Å². The molecule has 0 rings (SSSR count). The predicted molar refractivity (Wildman–Crippen MR) is 52.3 cm³/mol. The fourth-order valence-electron chi connectivity index (χ4n) is 1.81. The first-order valence-electron chi connectivity index (χ1n) is 4.74. The molecule has 0 aliphatic rings. The molecule has 0 aromatic heterocycles. The highest BCUT2D eigenvalue weighted by Crippen LogP contribution is 2.25. The lowest BCUT2D eigenvalue weighted by Crippen LogP contribution is -2.30. The van der Waals surface area contributed by atoms with E-state index in [1.54, 1.807) is 6.04 Å². The summed E-state index contributed by atoms with van der Waals surface area (Å²) < 4.78 is 0. The fraction of sp³-hybridized carbons (Fsp3) is 1.00. The Hall–Kier alpha value is 0.217. The maximum absolute atomic E-state index is 2.38. The van der Waals surface area contributed by atoms with E-state index in [0.717, 1.165) is 0 Å². The summed E-state index contributed by atoms with van der Waals surface area (Å²) in [5, 5.41) is 0. The first-order chi connectivity index (χ1) is 4.74. The molecule has 0 spiro atoms. The molecule has 0 fully saturated rings. The van der Waals surface area contributed by atoms with Crippen LogP contribution in [-0.2, 0) is 0 Å². The van der Waals surface area contributed by atoms with Crippen LogP contribution in [-0.4, -0.2) is 8.07 Å². The Morgan fingerprint density at radius 1 is 0.800 bits per heavy atom. The highest BCUT2D eigenvalue weighted by Gasteiger charge is 2.24. The smallest absolute Gasteiger partial charge is 0.0527 e. The maximum atomic E-state index is 2.38. The van der Waals surface area contributed by atoms with Crippen LogP contribution < -0.4 is 0 Å². The van der Waals surface area contributed by atoms with Crippen molar-refractivity contribution in [2.45, 2.75) is 58.3 Å². The number of hydrogen-bond donors (Lipinski definition) is 0. The van der Waals surface area contributed by atoms with Gasteiger partial charge in [0.05, 0.1) is 8.07 Å². The second-order valence-corrected chi connectivity index (χ2v) is 8.93. The van der Waals surface area contributed by atoms with Gasteiger partial charge in [-0.2, -0.15) is 0 Å². The Labute approximate surface area is 67.0 Å². The molecule has 0 bridgehead atoms. The first kappa shape index (κ1) is 10.2. The molecule has 0 nitrogen and oxygen atoms in total. The zero-order chi connectivity index (χ0) is 8.04. The van der Waals surface area contributed by atoms with E-state index in [-0.39, 0.29) is 0 Å². The molecule has 0 aromatic rings. The van der Waals surface area contributed by atoms with Crippen molar-refractivity contribution in [1.82, 2.24) is 0 Å². The summed E-state index contributed by atoms with van der Waals surface area (Å²) >= 11 is 0. The standard InChI is InChI=1S/C9H22Si/c1-5-9-10(6-2,7-3)8-4/h5-9H2,1-4H3. The van der Waals surface area contributed by atoms with Crippen LogP contribution in [0.1, 0.15) is 34.1 Å². The fourth-order valence-corrected chi connectivity index (χ4v) is 5.43. The summed E-state index contributed by atoms with van der Waals surface area (Å²) in [6.07, 6.45) is 1.40. The molecule has 0 radical (unpaired) electrons. The molecule has 0 saturated heterocycles. The molecule has 10 heavy (non-hydrogen) atoms. The van der Waals surface area contributed by atoms with E-state index in [1.165, 1.54) is 24.6 Å². The normalized spacial score (nSPS) is 12.0. The van der Waals surface area contributed by atoms with Crippen LogP contribution in [0.15, 0.2) is 0 Å². The molecule has 0 amide bonds. The summed E-state index contributed by atoms with van der Waals surface area (Å²) in [4.78, 5) is 0. The maximum Gasteiger partial charge on any atom is 0.0527 e. The molecule has 0 unspecified atom stereocenters. The van der Waals surface area contributed by atoms with Gasteiger partial charge in [-0.3, -0.25) is 0 Å². The van der Waals surface area contributed by atoms with Crippen LogP contribution in [0.3, 0.4) is 0 Å². The first-order valence-corrected chi connectivity index (χ1v) is 7.57. The van der Waals surface area contributed by atoms with Crippen LogP contribution in [0.5, 0.6) is 0 Å². The predicted octanol–water partition coefficient (Wildman–Crippen LogP) is 3.90. The lowest BCUT2D eigenvalue weighted by molar-refractivity contribution is 0.991. The minimum Gasteiger partial charge on any atom is -0.0678 e. The molecule has 62 valence electrons. The van der Waals surface area contributed by atoms with E-state index >= 15 is 0 Å². The van der Waals surface area contributed by atoms with Gasteiger partial charge in [0.1, 0.15) is 0 Å². The third kappa shape index (κ3) is 2.45. The topological polar surface area (TPSA) is 0 Å². The van der Waals surface area contributed by atoms with Crippen molar-refractivity contribution in [1.29, 1.82) is 0 Å². The van der Waals surface area contributed by atoms with Crippen molar-refractivity contribution in [2.24, 2.45) is 0 Å². The lowest BCUT2D eigenvalue weighted by atomic mass is 10.6. The van der Waals surface area contributed by atoms with Crippen molar-refractivity contribution in [2.75, 3.05) is 0 Å². The van der Waals surface area contributed by atoms with Gasteiger partial charge in [0.15, 0.2) is 0 Å². The van der Waals surface area contributed by atoms with E-state index in [9.17, 15) is 0 Å². The molecule has 0 aliphatic heterocycles. The Balaban J connectivity index is 3.87. The minimum atomic E-state index is -0.717. The van der Waals surface area contributed by atoms with Crippen LogP contribution in [0.4, 0.5) is 0 Å². The Morgan fingerprint density at radius 2 is 1.20 bits per heavy atom. The highest BCUT2D eigenvalue weighted by molar-refractivity contribution is 6.79. The summed E-state index contributed by atoms with van der Waals surface area (Å²) in [7, 11) is -0.717. The summed E-state index contributed by atoms with van der Waals surface area (Å²) in [6, 6.07) is 6.03. The van der Waals surface area contributed by atoms with Gasteiger partial charge in [0.2, 0.25) is 0 Å². The summed E-state index contributed by atoms with van der Waals surface area (Å²) in [6.45, 7) is 9.47. The van der Waals surface area contributed by atoms with Gasteiger partial charge >= 0.3 is 0 Å². The molecule has 0 aliphatic carbocycles.